The van der Waals surface area contributed by atoms with E-state index in [4.69, 9.17) is 4.74 Å². The van der Waals surface area contributed by atoms with Gasteiger partial charge in [-0.3, -0.25) is 4.79 Å². The van der Waals surface area contributed by atoms with Crippen LogP contribution in [-0.4, -0.2) is 20.7 Å². The predicted molar refractivity (Wildman–Crippen MR) is 122 cm³/mol. The van der Waals surface area contributed by atoms with Crippen molar-refractivity contribution in [3.8, 4) is 16.6 Å². The van der Waals surface area contributed by atoms with Crippen molar-refractivity contribution in [2.45, 2.75) is 6.92 Å². The fourth-order valence-electron chi connectivity index (χ4n) is 3.24. The first-order valence-corrected chi connectivity index (χ1v) is 10.6. The third-order valence-electron chi connectivity index (χ3n) is 4.69. The van der Waals surface area contributed by atoms with Gasteiger partial charge >= 0.3 is 0 Å². The van der Waals surface area contributed by atoms with Crippen molar-refractivity contribution in [2.75, 3.05) is 5.32 Å². The van der Waals surface area contributed by atoms with Crippen molar-refractivity contribution in [2.24, 2.45) is 0 Å². The van der Waals surface area contributed by atoms with Gasteiger partial charge in [0.05, 0.1) is 10.4 Å². The number of carbonyl (C=O) groups is 1. The largest absolute Gasteiger partial charge is 0.457 e. The van der Waals surface area contributed by atoms with E-state index < -0.39 is 5.82 Å². The van der Waals surface area contributed by atoms with Crippen molar-refractivity contribution in [3.05, 3.63) is 95.9 Å². The number of aryl methyl sites for hydroxylation is 1. The van der Waals surface area contributed by atoms with Crippen LogP contribution in [0.2, 0.25) is 0 Å². The van der Waals surface area contributed by atoms with Crippen LogP contribution in [0.5, 0.6) is 11.5 Å². The average molecular weight is 444 g/mol. The molecule has 0 unspecified atom stereocenters. The molecule has 0 aliphatic carbocycles. The Bertz CT molecular complexity index is 1430. The first kappa shape index (κ1) is 19.9. The lowest BCUT2D eigenvalue weighted by Gasteiger charge is -2.09. The number of anilines is 1. The Labute approximate surface area is 186 Å². The zero-order valence-corrected chi connectivity index (χ0v) is 17.8. The van der Waals surface area contributed by atoms with Gasteiger partial charge in [-0.2, -0.15) is 9.78 Å². The number of nitrogens with zero attached hydrogens (tertiary/aromatic N) is 3. The SMILES string of the molecule is Cc1cc(NC(=O)c2cccc(Oc3ccccc3)c2)n(-c2nc3c(F)cccc3s2)n1. The third-order valence-corrected chi connectivity index (χ3v) is 5.68. The van der Waals surface area contributed by atoms with Crippen molar-refractivity contribution in [1.82, 2.24) is 14.8 Å². The predicted octanol–water partition coefficient (Wildman–Crippen LogP) is 5.97. The summed E-state index contributed by atoms with van der Waals surface area (Å²) < 4.78 is 22.1. The Morgan fingerprint density at radius 3 is 2.59 bits per heavy atom. The number of hydrogen-bond donors (Lipinski definition) is 1. The zero-order valence-electron chi connectivity index (χ0n) is 16.9. The minimum absolute atomic E-state index is 0.281. The van der Waals surface area contributed by atoms with E-state index in [0.29, 0.717) is 38.4 Å². The lowest BCUT2D eigenvalue weighted by atomic mass is 10.2. The molecule has 32 heavy (non-hydrogen) atoms. The van der Waals surface area contributed by atoms with Gasteiger partial charge in [-0.15, -0.1) is 0 Å². The van der Waals surface area contributed by atoms with E-state index in [-0.39, 0.29) is 11.4 Å². The maximum Gasteiger partial charge on any atom is 0.256 e. The molecule has 0 bridgehead atoms. The van der Waals surface area contributed by atoms with Crippen molar-refractivity contribution >= 4 is 33.3 Å². The summed E-state index contributed by atoms with van der Waals surface area (Å²) in [5, 5.41) is 7.77. The summed E-state index contributed by atoms with van der Waals surface area (Å²) >= 11 is 1.30. The van der Waals surface area contributed by atoms with Gasteiger partial charge in [0.1, 0.15) is 28.7 Å². The van der Waals surface area contributed by atoms with Gasteiger partial charge in [0.2, 0.25) is 5.13 Å². The Morgan fingerprint density at radius 2 is 1.78 bits per heavy atom. The molecule has 3 aromatic carbocycles. The number of ether oxygens (including phenoxy) is 1. The van der Waals surface area contributed by atoms with E-state index in [1.807, 2.05) is 37.3 Å². The molecule has 0 saturated carbocycles. The minimum Gasteiger partial charge on any atom is -0.457 e. The monoisotopic (exact) mass is 444 g/mol. The Hall–Kier alpha value is -4.04. The normalized spacial score (nSPS) is 10.9. The standard InChI is InChI=1S/C24H17FN4O2S/c1-15-13-21(29(28-15)24-27-22-19(25)11-6-12-20(22)32-24)26-23(30)16-7-5-10-18(14-16)31-17-8-3-2-4-9-17/h2-14H,1H3,(H,26,30). The first-order valence-electron chi connectivity index (χ1n) is 9.83. The molecule has 0 radical (unpaired) electrons. The number of halogens is 1. The van der Waals surface area contributed by atoms with Crippen LogP contribution >= 0.6 is 11.3 Å². The summed E-state index contributed by atoms with van der Waals surface area (Å²) in [5.41, 5.74) is 1.41. The highest BCUT2D eigenvalue weighted by molar-refractivity contribution is 7.20. The highest BCUT2D eigenvalue weighted by atomic mass is 32.1. The van der Waals surface area contributed by atoms with Gasteiger partial charge in [-0.1, -0.05) is 41.7 Å². The lowest BCUT2D eigenvalue weighted by molar-refractivity contribution is 0.102. The molecule has 158 valence electrons. The molecule has 0 aliphatic heterocycles. The van der Waals surface area contributed by atoms with Gasteiger partial charge in [-0.25, -0.2) is 9.37 Å². The second kappa shape index (κ2) is 8.24. The number of rotatable bonds is 5. The topological polar surface area (TPSA) is 69.0 Å². The van der Waals surface area contributed by atoms with Crippen LogP contribution in [0.1, 0.15) is 16.1 Å². The molecule has 0 fully saturated rings. The molecule has 0 aliphatic rings. The van der Waals surface area contributed by atoms with Crippen LogP contribution in [0.4, 0.5) is 10.2 Å². The second-order valence-corrected chi connectivity index (χ2v) is 8.07. The van der Waals surface area contributed by atoms with Gasteiger partial charge in [-0.05, 0) is 49.4 Å². The Balaban J connectivity index is 1.42. The number of nitrogens with one attached hydrogen (secondary N) is 1. The molecule has 0 spiro atoms. The highest BCUT2D eigenvalue weighted by Gasteiger charge is 2.17. The highest BCUT2D eigenvalue weighted by Crippen LogP contribution is 2.29. The Kier molecular flexibility index (Phi) is 5.12. The number of hydrogen-bond acceptors (Lipinski definition) is 5. The van der Waals surface area contributed by atoms with Crippen LogP contribution in [0.15, 0.2) is 78.9 Å². The molecule has 0 saturated heterocycles. The number of benzene rings is 3. The number of amides is 1. The van der Waals surface area contributed by atoms with Gasteiger partial charge in [0.25, 0.3) is 5.91 Å². The van der Waals surface area contributed by atoms with Crippen LogP contribution in [0, 0.1) is 12.7 Å². The number of thiazole rings is 1. The van der Waals surface area contributed by atoms with E-state index >= 15 is 0 Å². The second-order valence-electron chi connectivity index (χ2n) is 7.06. The average Bonchev–Trinajstić information content (AvgIpc) is 3.38. The number of carbonyl (C=O) groups excluding carboxylic acids is 1. The molecular formula is C24H17FN4O2S. The van der Waals surface area contributed by atoms with Crippen molar-refractivity contribution < 1.29 is 13.9 Å². The summed E-state index contributed by atoms with van der Waals surface area (Å²) in [7, 11) is 0. The summed E-state index contributed by atoms with van der Waals surface area (Å²) in [4.78, 5) is 17.3. The van der Waals surface area contributed by atoms with Crippen LogP contribution in [0.25, 0.3) is 15.3 Å². The van der Waals surface area contributed by atoms with E-state index in [0.717, 1.165) is 0 Å². The lowest BCUT2D eigenvalue weighted by Crippen LogP contribution is -2.15. The molecular weight excluding hydrogens is 427 g/mol. The molecule has 2 aromatic heterocycles. The van der Waals surface area contributed by atoms with E-state index in [1.54, 1.807) is 42.5 Å². The summed E-state index contributed by atoms with van der Waals surface area (Å²) in [6.07, 6.45) is 0. The number of aromatic nitrogens is 3. The molecule has 8 heteroatoms. The summed E-state index contributed by atoms with van der Waals surface area (Å²) in [6, 6.07) is 22.8. The van der Waals surface area contributed by atoms with Gasteiger partial charge < -0.3 is 10.1 Å². The molecule has 0 atom stereocenters. The Morgan fingerprint density at radius 1 is 1.00 bits per heavy atom. The molecule has 5 aromatic rings. The summed E-state index contributed by atoms with van der Waals surface area (Å²) in [5.74, 6) is 0.963. The van der Waals surface area contributed by atoms with Crippen molar-refractivity contribution in [3.63, 3.8) is 0 Å². The summed E-state index contributed by atoms with van der Waals surface area (Å²) in [6.45, 7) is 1.81. The first-order chi connectivity index (χ1) is 15.6. The quantitative estimate of drug-likeness (QED) is 0.362. The molecule has 5 rings (SSSR count). The fraction of sp³-hybridized carbons (Fsp3) is 0.0417. The van der Waals surface area contributed by atoms with Gasteiger partial charge in [0.15, 0.2) is 0 Å². The van der Waals surface area contributed by atoms with Gasteiger partial charge in [0, 0.05) is 11.6 Å². The molecule has 2 heterocycles. The number of fused-ring (bicyclic) bond motifs is 1. The fourth-order valence-corrected chi connectivity index (χ4v) is 4.19. The maximum atomic E-state index is 14.1. The van der Waals surface area contributed by atoms with E-state index in [2.05, 4.69) is 15.4 Å². The number of para-hydroxylation sites is 2. The van der Waals surface area contributed by atoms with Crippen molar-refractivity contribution in [1.29, 1.82) is 0 Å². The molecule has 6 nitrogen and oxygen atoms in total. The molecule has 1 N–H and O–H groups in total. The van der Waals surface area contributed by atoms with Crippen LogP contribution in [0.3, 0.4) is 0 Å². The van der Waals surface area contributed by atoms with Crippen LogP contribution in [-0.2, 0) is 0 Å². The zero-order chi connectivity index (χ0) is 22.1. The third kappa shape index (κ3) is 3.95. The minimum atomic E-state index is -0.394. The van der Waals surface area contributed by atoms with E-state index in [9.17, 15) is 9.18 Å². The maximum absolute atomic E-state index is 14.1. The molecule has 1 amide bonds. The van der Waals surface area contributed by atoms with E-state index in [1.165, 1.54) is 22.1 Å². The van der Waals surface area contributed by atoms with Crippen LogP contribution < -0.4 is 10.1 Å². The smallest absolute Gasteiger partial charge is 0.256 e.